The van der Waals surface area contributed by atoms with Crippen LogP contribution in [0.4, 0.5) is 0 Å². The van der Waals surface area contributed by atoms with Crippen LogP contribution in [0.25, 0.3) is 0 Å². The fraction of sp³-hybridized carbons (Fsp3) is 0.971. The molecule has 0 saturated heterocycles. The quantitative estimate of drug-likeness (QED) is 0.0919. The lowest BCUT2D eigenvalue weighted by Gasteiger charge is -2.12. The van der Waals surface area contributed by atoms with Crippen molar-refractivity contribution in [3.05, 3.63) is 0 Å². The van der Waals surface area contributed by atoms with Gasteiger partial charge in [-0.1, -0.05) is 194 Å². The largest absolute Gasteiger partial charge is 0.481 e. The SMILES string of the molecule is CCCCCCCCCCCCCCCCCCCCCCCCCCC(CCCCC(C)C)C(=O)O. The molecule has 0 saturated carbocycles. The summed E-state index contributed by atoms with van der Waals surface area (Å²) < 4.78 is 0. The highest BCUT2D eigenvalue weighted by atomic mass is 16.4. The molecule has 1 atom stereocenters. The van der Waals surface area contributed by atoms with Crippen LogP contribution in [0.3, 0.4) is 0 Å². The van der Waals surface area contributed by atoms with Crippen LogP contribution >= 0.6 is 0 Å². The maximum Gasteiger partial charge on any atom is 0.306 e. The second-order valence-corrected chi connectivity index (χ2v) is 12.6. The molecule has 0 amide bonds. The normalized spacial score (nSPS) is 12.4. The molecule has 2 nitrogen and oxygen atoms in total. The first-order valence-corrected chi connectivity index (χ1v) is 17.3. The molecule has 0 rings (SSSR count). The van der Waals surface area contributed by atoms with E-state index in [1.54, 1.807) is 0 Å². The van der Waals surface area contributed by atoms with Crippen molar-refractivity contribution in [1.29, 1.82) is 0 Å². The summed E-state index contributed by atoms with van der Waals surface area (Å²) in [4.78, 5) is 11.5. The number of aliphatic carboxylic acids is 1. The molecule has 2 heteroatoms. The summed E-state index contributed by atoms with van der Waals surface area (Å²) in [5.74, 6) is 0.0581. The summed E-state index contributed by atoms with van der Waals surface area (Å²) in [6.45, 7) is 6.79. The van der Waals surface area contributed by atoms with Crippen LogP contribution in [0, 0.1) is 11.8 Å². The van der Waals surface area contributed by atoms with Crippen molar-refractivity contribution in [2.75, 3.05) is 0 Å². The second-order valence-electron chi connectivity index (χ2n) is 12.6. The van der Waals surface area contributed by atoms with Gasteiger partial charge in [0.05, 0.1) is 5.92 Å². The Bertz CT molecular complexity index is 445. The Morgan fingerprint density at radius 2 is 0.676 bits per heavy atom. The molecule has 0 spiro atoms. The van der Waals surface area contributed by atoms with Crippen LogP contribution in [-0.2, 0) is 4.79 Å². The van der Waals surface area contributed by atoms with Crippen molar-refractivity contribution in [2.24, 2.45) is 11.8 Å². The molecule has 0 aliphatic heterocycles. The standard InChI is InChI=1S/C35H70O2/c1-4-5-6-7-8-9-10-11-12-13-14-15-16-17-18-19-20-21-22-23-24-25-26-27-31-34(35(36)37)32-29-28-30-33(2)3/h33-34H,4-32H2,1-3H3,(H,36,37). The van der Waals surface area contributed by atoms with E-state index in [2.05, 4.69) is 20.8 Å². The van der Waals surface area contributed by atoms with Gasteiger partial charge in [-0.2, -0.15) is 0 Å². The Balaban J connectivity index is 3.24. The predicted molar refractivity (Wildman–Crippen MR) is 166 cm³/mol. The van der Waals surface area contributed by atoms with Crippen molar-refractivity contribution < 1.29 is 9.90 Å². The van der Waals surface area contributed by atoms with Gasteiger partial charge in [0.1, 0.15) is 0 Å². The van der Waals surface area contributed by atoms with Crippen LogP contribution in [0.5, 0.6) is 0 Å². The van der Waals surface area contributed by atoms with Crippen molar-refractivity contribution in [1.82, 2.24) is 0 Å². The second kappa shape index (κ2) is 30.0. The summed E-state index contributed by atoms with van der Waals surface area (Å²) in [7, 11) is 0. The van der Waals surface area contributed by atoms with Crippen LogP contribution in [0.15, 0.2) is 0 Å². The summed E-state index contributed by atoms with van der Waals surface area (Å²) in [5.41, 5.74) is 0. The van der Waals surface area contributed by atoms with Gasteiger partial charge in [0.2, 0.25) is 0 Å². The topological polar surface area (TPSA) is 37.3 Å². The van der Waals surface area contributed by atoms with E-state index < -0.39 is 5.97 Å². The van der Waals surface area contributed by atoms with E-state index in [0.717, 1.165) is 31.6 Å². The average Bonchev–Trinajstić information content (AvgIpc) is 2.87. The molecule has 0 aliphatic carbocycles. The molecule has 0 aromatic rings. The molecule has 0 heterocycles. The van der Waals surface area contributed by atoms with Gasteiger partial charge in [-0.05, 0) is 18.8 Å². The Morgan fingerprint density at radius 3 is 0.946 bits per heavy atom. The lowest BCUT2D eigenvalue weighted by Crippen LogP contribution is -2.13. The van der Waals surface area contributed by atoms with E-state index >= 15 is 0 Å². The number of hydrogen-bond acceptors (Lipinski definition) is 1. The summed E-state index contributed by atoms with van der Waals surface area (Å²) >= 11 is 0. The first kappa shape index (κ1) is 36.5. The van der Waals surface area contributed by atoms with Crippen molar-refractivity contribution in [2.45, 2.75) is 207 Å². The van der Waals surface area contributed by atoms with E-state index in [9.17, 15) is 9.90 Å². The maximum atomic E-state index is 11.5. The number of unbranched alkanes of at least 4 members (excludes halogenated alkanes) is 24. The number of carboxylic acid groups (broad SMARTS) is 1. The number of hydrogen-bond donors (Lipinski definition) is 1. The smallest absolute Gasteiger partial charge is 0.306 e. The minimum atomic E-state index is -0.571. The number of rotatable bonds is 31. The molecule has 0 fully saturated rings. The minimum absolute atomic E-state index is 0.105. The molecule has 0 aromatic carbocycles. The van der Waals surface area contributed by atoms with E-state index in [4.69, 9.17) is 0 Å². The molecule has 0 radical (unpaired) electrons. The Kier molecular flexibility index (Phi) is 29.6. The molecular formula is C35H70O2. The molecule has 0 bridgehead atoms. The molecule has 0 aromatic heterocycles. The van der Waals surface area contributed by atoms with Gasteiger partial charge in [0.15, 0.2) is 0 Å². The van der Waals surface area contributed by atoms with Crippen molar-refractivity contribution in [3.63, 3.8) is 0 Å². The predicted octanol–water partition coefficient (Wildman–Crippen LogP) is 12.7. The zero-order chi connectivity index (χ0) is 27.2. The van der Waals surface area contributed by atoms with Gasteiger partial charge in [0.25, 0.3) is 0 Å². The lowest BCUT2D eigenvalue weighted by molar-refractivity contribution is -0.142. The Labute approximate surface area is 234 Å². The molecule has 222 valence electrons. The third-order valence-electron chi connectivity index (χ3n) is 8.34. The molecule has 37 heavy (non-hydrogen) atoms. The zero-order valence-corrected chi connectivity index (χ0v) is 26.0. The highest BCUT2D eigenvalue weighted by molar-refractivity contribution is 5.69. The van der Waals surface area contributed by atoms with E-state index in [-0.39, 0.29) is 5.92 Å². The van der Waals surface area contributed by atoms with Gasteiger partial charge in [-0.15, -0.1) is 0 Å². The first-order valence-electron chi connectivity index (χ1n) is 17.3. The molecule has 0 aliphatic rings. The molecule has 1 unspecified atom stereocenters. The monoisotopic (exact) mass is 523 g/mol. The Hall–Kier alpha value is -0.530. The molecule has 1 N–H and O–H groups in total. The van der Waals surface area contributed by atoms with Crippen molar-refractivity contribution in [3.8, 4) is 0 Å². The van der Waals surface area contributed by atoms with Gasteiger partial charge in [0, 0.05) is 0 Å². The maximum absolute atomic E-state index is 11.5. The van der Waals surface area contributed by atoms with Crippen molar-refractivity contribution >= 4 is 5.97 Å². The van der Waals surface area contributed by atoms with Crippen LogP contribution in [-0.4, -0.2) is 11.1 Å². The summed E-state index contributed by atoms with van der Waals surface area (Å²) in [5, 5.41) is 9.46. The molecular weight excluding hydrogens is 452 g/mol. The highest BCUT2D eigenvalue weighted by Crippen LogP contribution is 2.20. The number of carbonyl (C=O) groups is 1. The van der Waals surface area contributed by atoms with E-state index in [1.807, 2.05) is 0 Å². The summed E-state index contributed by atoms with van der Waals surface area (Å²) in [6, 6.07) is 0. The van der Waals surface area contributed by atoms with Gasteiger partial charge in [-0.25, -0.2) is 0 Å². The number of carboxylic acids is 1. The highest BCUT2D eigenvalue weighted by Gasteiger charge is 2.16. The Morgan fingerprint density at radius 1 is 0.432 bits per heavy atom. The van der Waals surface area contributed by atoms with E-state index in [0.29, 0.717) is 0 Å². The van der Waals surface area contributed by atoms with Crippen LogP contribution in [0.1, 0.15) is 207 Å². The average molecular weight is 523 g/mol. The third kappa shape index (κ3) is 29.9. The van der Waals surface area contributed by atoms with E-state index in [1.165, 1.54) is 161 Å². The fourth-order valence-electron chi connectivity index (χ4n) is 5.69. The third-order valence-corrected chi connectivity index (χ3v) is 8.34. The van der Waals surface area contributed by atoms with Crippen LogP contribution in [0.2, 0.25) is 0 Å². The lowest BCUT2D eigenvalue weighted by atomic mass is 9.93. The fourth-order valence-corrected chi connectivity index (χ4v) is 5.69. The van der Waals surface area contributed by atoms with Gasteiger partial charge < -0.3 is 5.11 Å². The van der Waals surface area contributed by atoms with Gasteiger partial charge >= 0.3 is 5.97 Å². The first-order chi connectivity index (χ1) is 18.1. The van der Waals surface area contributed by atoms with Gasteiger partial charge in [-0.3, -0.25) is 4.79 Å². The minimum Gasteiger partial charge on any atom is -0.481 e. The van der Waals surface area contributed by atoms with Crippen LogP contribution < -0.4 is 0 Å². The zero-order valence-electron chi connectivity index (χ0n) is 26.0. The summed E-state index contributed by atoms with van der Waals surface area (Å²) in [6.07, 6.45) is 39.0.